The second-order valence-corrected chi connectivity index (χ2v) is 6.73. The van der Waals surface area contributed by atoms with Gasteiger partial charge in [-0.1, -0.05) is 18.2 Å². The van der Waals surface area contributed by atoms with Gasteiger partial charge in [-0.25, -0.2) is 0 Å². The van der Waals surface area contributed by atoms with E-state index >= 15 is 0 Å². The number of anilines is 1. The average Bonchev–Trinajstić information content (AvgIpc) is 2.61. The molecule has 0 saturated carbocycles. The van der Waals surface area contributed by atoms with E-state index in [-0.39, 0.29) is 0 Å². The normalized spacial score (nSPS) is 17.6. The van der Waals surface area contributed by atoms with Crippen LogP contribution >= 0.6 is 0 Å². The van der Waals surface area contributed by atoms with Crippen molar-refractivity contribution in [2.24, 2.45) is 0 Å². The Morgan fingerprint density at radius 3 is 2.54 bits per heavy atom. The molecule has 0 spiro atoms. The minimum absolute atomic E-state index is 0.325. The van der Waals surface area contributed by atoms with Crippen molar-refractivity contribution in [3.63, 3.8) is 0 Å². The second kappa shape index (κ2) is 8.51. The minimum atomic E-state index is -0.484. The zero-order valence-corrected chi connectivity index (χ0v) is 15.1. The molecule has 1 aliphatic rings. The fraction of sp³-hybridized carbons (Fsp3) is 0.579. The summed E-state index contributed by atoms with van der Waals surface area (Å²) in [6.45, 7) is 12.3. The van der Waals surface area contributed by atoms with Crippen molar-refractivity contribution in [1.29, 1.82) is 0 Å². The highest BCUT2D eigenvalue weighted by Gasteiger charge is 2.22. The van der Waals surface area contributed by atoms with Crippen LogP contribution in [-0.4, -0.2) is 68.2 Å². The van der Waals surface area contributed by atoms with Crippen LogP contribution in [0.15, 0.2) is 36.9 Å². The van der Waals surface area contributed by atoms with E-state index in [0.717, 1.165) is 37.6 Å². The first kappa shape index (κ1) is 18.8. The smallest absolute Gasteiger partial charge is 0.142 e. The maximum absolute atomic E-state index is 10.2. The van der Waals surface area contributed by atoms with Crippen LogP contribution in [-0.2, 0) is 4.74 Å². The summed E-state index contributed by atoms with van der Waals surface area (Å²) in [5.74, 6) is 0.908. The predicted molar refractivity (Wildman–Crippen MR) is 97.9 cm³/mol. The van der Waals surface area contributed by atoms with E-state index in [0.29, 0.717) is 13.2 Å². The summed E-state index contributed by atoms with van der Waals surface area (Å²) in [5.41, 5.74) is 0.736. The van der Waals surface area contributed by atoms with Crippen molar-refractivity contribution in [2.75, 3.05) is 51.3 Å². The average molecular weight is 334 g/mol. The number of hydrogen-bond donors (Lipinski definition) is 1. The Kier molecular flexibility index (Phi) is 6.66. The van der Waals surface area contributed by atoms with E-state index in [2.05, 4.69) is 22.4 Å². The number of nitrogens with zero attached hydrogens (tertiary/aromatic N) is 2. The summed E-state index contributed by atoms with van der Waals surface area (Å²) in [5, 5.41) is 10.2. The van der Waals surface area contributed by atoms with E-state index in [9.17, 15) is 5.11 Å². The van der Waals surface area contributed by atoms with Crippen LogP contribution in [0.4, 0.5) is 5.69 Å². The molecule has 1 aromatic carbocycles. The number of ether oxygens (including phenoxy) is 2. The number of aliphatic hydroxyl groups excluding tert-OH is 1. The summed E-state index contributed by atoms with van der Waals surface area (Å²) in [6, 6.07) is 8.10. The van der Waals surface area contributed by atoms with Gasteiger partial charge < -0.3 is 19.5 Å². The molecule has 2 rings (SSSR count). The molecule has 1 saturated heterocycles. The first-order valence-electron chi connectivity index (χ1n) is 8.51. The van der Waals surface area contributed by atoms with E-state index in [1.54, 1.807) is 13.2 Å². The van der Waals surface area contributed by atoms with E-state index in [1.807, 2.05) is 32.0 Å². The second-order valence-electron chi connectivity index (χ2n) is 6.73. The zero-order chi connectivity index (χ0) is 17.6. The Morgan fingerprint density at radius 2 is 1.92 bits per heavy atom. The van der Waals surface area contributed by atoms with Gasteiger partial charge in [0, 0.05) is 32.7 Å². The highest BCUT2D eigenvalue weighted by Crippen LogP contribution is 2.28. The molecule has 134 valence electrons. The van der Waals surface area contributed by atoms with Gasteiger partial charge in [0.15, 0.2) is 0 Å². The third-order valence-corrected chi connectivity index (χ3v) is 4.41. The van der Waals surface area contributed by atoms with Crippen molar-refractivity contribution in [3.8, 4) is 5.75 Å². The Balaban J connectivity index is 1.79. The van der Waals surface area contributed by atoms with E-state index in [1.165, 1.54) is 0 Å². The van der Waals surface area contributed by atoms with Gasteiger partial charge in [0.25, 0.3) is 0 Å². The van der Waals surface area contributed by atoms with Gasteiger partial charge in [0.1, 0.15) is 5.75 Å². The molecule has 0 bridgehead atoms. The number of benzene rings is 1. The molecule has 0 aliphatic carbocycles. The van der Waals surface area contributed by atoms with Crippen LogP contribution in [0.25, 0.3) is 0 Å². The molecule has 24 heavy (non-hydrogen) atoms. The lowest BCUT2D eigenvalue weighted by atomic mass is 10.1. The molecule has 1 heterocycles. The summed E-state index contributed by atoms with van der Waals surface area (Å²) in [6.07, 6.45) is 1.27. The van der Waals surface area contributed by atoms with Crippen LogP contribution in [0, 0.1) is 0 Å². The number of methoxy groups -OCH3 is 1. The molecule has 0 aromatic heterocycles. The van der Waals surface area contributed by atoms with Crippen molar-refractivity contribution >= 4 is 5.69 Å². The van der Waals surface area contributed by atoms with Gasteiger partial charge in [-0.15, -0.1) is 6.58 Å². The van der Waals surface area contributed by atoms with Crippen LogP contribution in [0.3, 0.4) is 0 Å². The van der Waals surface area contributed by atoms with Crippen molar-refractivity contribution in [2.45, 2.75) is 25.6 Å². The maximum Gasteiger partial charge on any atom is 0.142 e. The molecule has 1 unspecified atom stereocenters. The molecular formula is C19H30N2O3. The number of hydrogen-bond acceptors (Lipinski definition) is 5. The van der Waals surface area contributed by atoms with Gasteiger partial charge in [-0.2, -0.15) is 0 Å². The topological polar surface area (TPSA) is 45.2 Å². The van der Waals surface area contributed by atoms with Gasteiger partial charge in [0.2, 0.25) is 0 Å². The number of aliphatic hydroxyl groups is 1. The van der Waals surface area contributed by atoms with Crippen molar-refractivity contribution in [3.05, 3.63) is 36.9 Å². The quantitative estimate of drug-likeness (QED) is 0.738. The van der Waals surface area contributed by atoms with Gasteiger partial charge in [-0.05, 0) is 26.0 Å². The number of piperazine rings is 1. The summed E-state index contributed by atoms with van der Waals surface area (Å²) in [4.78, 5) is 4.61. The molecule has 1 atom stereocenters. The molecule has 1 aliphatic heterocycles. The Labute approximate surface area is 145 Å². The molecular weight excluding hydrogens is 304 g/mol. The lowest BCUT2D eigenvalue weighted by molar-refractivity contribution is -0.0420. The number of rotatable bonds is 8. The highest BCUT2D eigenvalue weighted by atomic mass is 16.5. The molecule has 0 radical (unpaired) electrons. The molecule has 5 heteroatoms. The first-order chi connectivity index (χ1) is 11.4. The van der Waals surface area contributed by atoms with Crippen LogP contribution in [0.1, 0.15) is 13.8 Å². The Bertz CT molecular complexity index is 525. The largest absolute Gasteiger partial charge is 0.495 e. The van der Waals surface area contributed by atoms with E-state index < -0.39 is 11.7 Å². The molecule has 5 nitrogen and oxygen atoms in total. The first-order valence-corrected chi connectivity index (χ1v) is 8.51. The third-order valence-electron chi connectivity index (χ3n) is 4.41. The van der Waals surface area contributed by atoms with Crippen LogP contribution < -0.4 is 9.64 Å². The fourth-order valence-corrected chi connectivity index (χ4v) is 2.78. The third kappa shape index (κ3) is 5.23. The lowest BCUT2D eigenvalue weighted by Gasteiger charge is -2.37. The number of β-amino-alcohol motifs (C(OH)–C–C–N with tert-alkyl or cyclic N) is 1. The van der Waals surface area contributed by atoms with Gasteiger partial charge in [0.05, 0.1) is 31.1 Å². The Hall–Kier alpha value is -1.56. The SMILES string of the molecule is C=CC(C)(C)OCC(O)CN1CCN(c2ccccc2OC)CC1. The molecule has 1 N–H and O–H groups in total. The maximum atomic E-state index is 10.2. The summed E-state index contributed by atoms with van der Waals surface area (Å²) >= 11 is 0. The Morgan fingerprint density at radius 1 is 1.25 bits per heavy atom. The monoisotopic (exact) mass is 334 g/mol. The predicted octanol–water partition coefficient (Wildman–Crippen LogP) is 2.16. The lowest BCUT2D eigenvalue weighted by Crippen LogP contribution is -2.49. The molecule has 1 aromatic rings. The van der Waals surface area contributed by atoms with Crippen molar-refractivity contribution in [1.82, 2.24) is 4.90 Å². The fourth-order valence-electron chi connectivity index (χ4n) is 2.78. The van der Waals surface area contributed by atoms with Crippen LogP contribution in [0.2, 0.25) is 0 Å². The van der Waals surface area contributed by atoms with E-state index in [4.69, 9.17) is 9.47 Å². The zero-order valence-electron chi connectivity index (χ0n) is 15.1. The van der Waals surface area contributed by atoms with Gasteiger partial charge >= 0.3 is 0 Å². The summed E-state index contributed by atoms with van der Waals surface area (Å²) < 4.78 is 11.1. The van der Waals surface area contributed by atoms with Crippen LogP contribution in [0.5, 0.6) is 5.75 Å². The molecule has 1 fully saturated rings. The standard InChI is InChI=1S/C19H30N2O3/c1-5-19(2,3)24-15-16(22)14-20-10-12-21(13-11-20)17-8-6-7-9-18(17)23-4/h5-9,16,22H,1,10-15H2,2-4H3. The highest BCUT2D eigenvalue weighted by molar-refractivity contribution is 5.58. The molecule has 0 amide bonds. The van der Waals surface area contributed by atoms with Crippen molar-refractivity contribution < 1.29 is 14.6 Å². The minimum Gasteiger partial charge on any atom is -0.495 e. The number of para-hydroxylation sites is 2. The summed E-state index contributed by atoms with van der Waals surface area (Å²) in [7, 11) is 1.70. The van der Waals surface area contributed by atoms with Gasteiger partial charge in [-0.3, -0.25) is 4.90 Å².